The van der Waals surface area contributed by atoms with E-state index in [-0.39, 0.29) is 16.7 Å². The van der Waals surface area contributed by atoms with Crippen molar-refractivity contribution in [1.82, 2.24) is 4.90 Å². The van der Waals surface area contributed by atoms with E-state index in [0.29, 0.717) is 18.0 Å². The maximum absolute atomic E-state index is 10.9. The van der Waals surface area contributed by atoms with Crippen LogP contribution in [0, 0.1) is 23.0 Å². The first-order valence-corrected chi connectivity index (χ1v) is 7.08. The van der Waals surface area contributed by atoms with E-state index in [1.54, 1.807) is 19.1 Å². The summed E-state index contributed by atoms with van der Waals surface area (Å²) in [6.07, 6.45) is 2.87. The van der Waals surface area contributed by atoms with Crippen molar-refractivity contribution < 1.29 is 10.0 Å². The van der Waals surface area contributed by atoms with Gasteiger partial charge in [0.15, 0.2) is 0 Å². The van der Waals surface area contributed by atoms with Crippen molar-refractivity contribution in [3.05, 3.63) is 39.4 Å². The van der Waals surface area contributed by atoms with Crippen molar-refractivity contribution in [2.45, 2.75) is 38.8 Å². The third-order valence-corrected chi connectivity index (χ3v) is 4.09. The topological polar surface area (TPSA) is 66.6 Å². The van der Waals surface area contributed by atoms with E-state index in [0.717, 1.165) is 31.4 Å². The quantitative estimate of drug-likeness (QED) is 0.664. The highest BCUT2D eigenvalue weighted by Gasteiger charge is 2.26. The molecule has 0 aliphatic heterocycles. The molecule has 2 atom stereocenters. The second kappa shape index (κ2) is 6.33. The van der Waals surface area contributed by atoms with E-state index in [2.05, 4.69) is 4.90 Å². The van der Waals surface area contributed by atoms with Crippen LogP contribution in [0.15, 0.2) is 18.2 Å². The van der Waals surface area contributed by atoms with Gasteiger partial charge in [0.2, 0.25) is 0 Å². The summed E-state index contributed by atoms with van der Waals surface area (Å²) in [5, 5.41) is 20.8. The van der Waals surface area contributed by atoms with E-state index < -0.39 is 0 Å². The molecule has 1 aromatic carbocycles. The molecule has 2 rings (SSSR count). The van der Waals surface area contributed by atoms with E-state index in [1.165, 1.54) is 0 Å². The van der Waals surface area contributed by atoms with Crippen LogP contribution in [0.25, 0.3) is 0 Å². The van der Waals surface area contributed by atoms with Crippen molar-refractivity contribution in [3.8, 4) is 0 Å². The van der Waals surface area contributed by atoms with Crippen molar-refractivity contribution in [2.75, 3.05) is 13.6 Å². The predicted octanol–water partition coefficient (Wildman–Crippen LogP) is 2.50. The molecule has 1 aliphatic carbocycles. The summed E-state index contributed by atoms with van der Waals surface area (Å²) in [5.74, 6) is 0.334. The molecule has 110 valence electrons. The highest BCUT2D eigenvalue weighted by Crippen LogP contribution is 2.26. The first kappa shape index (κ1) is 14.9. The number of rotatable bonds is 5. The molecule has 0 aromatic heterocycles. The highest BCUT2D eigenvalue weighted by atomic mass is 16.6. The van der Waals surface area contributed by atoms with Gasteiger partial charge in [-0.25, -0.2) is 0 Å². The van der Waals surface area contributed by atoms with E-state index >= 15 is 0 Å². The summed E-state index contributed by atoms with van der Waals surface area (Å²) < 4.78 is 0. The molecule has 5 nitrogen and oxygen atoms in total. The molecule has 0 amide bonds. The molecule has 1 fully saturated rings. The number of nitro benzene ring substituents is 1. The van der Waals surface area contributed by atoms with Crippen molar-refractivity contribution >= 4 is 5.69 Å². The lowest BCUT2D eigenvalue weighted by Crippen LogP contribution is -2.29. The number of aryl methyl sites for hydroxylation is 1. The van der Waals surface area contributed by atoms with Gasteiger partial charge in [-0.2, -0.15) is 0 Å². The van der Waals surface area contributed by atoms with Gasteiger partial charge in [-0.3, -0.25) is 10.1 Å². The van der Waals surface area contributed by atoms with Crippen LogP contribution in [0.4, 0.5) is 5.69 Å². The maximum atomic E-state index is 10.9. The first-order chi connectivity index (χ1) is 9.47. The fourth-order valence-corrected chi connectivity index (χ4v) is 2.96. The molecule has 0 spiro atoms. The minimum atomic E-state index is -0.334. The van der Waals surface area contributed by atoms with Gasteiger partial charge in [-0.1, -0.05) is 18.6 Å². The van der Waals surface area contributed by atoms with Crippen LogP contribution in [-0.2, 0) is 6.54 Å². The minimum Gasteiger partial charge on any atom is -0.393 e. The van der Waals surface area contributed by atoms with Crippen molar-refractivity contribution in [1.29, 1.82) is 0 Å². The Bertz CT molecular complexity index is 490. The third-order valence-electron chi connectivity index (χ3n) is 4.09. The molecule has 0 saturated heterocycles. The number of aliphatic hydroxyl groups excluding tert-OH is 1. The molecule has 1 aliphatic rings. The Morgan fingerprint density at radius 2 is 2.20 bits per heavy atom. The van der Waals surface area contributed by atoms with E-state index in [1.807, 2.05) is 13.1 Å². The molecule has 1 saturated carbocycles. The molecule has 0 heterocycles. The Morgan fingerprint density at radius 1 is 1.45 bits per heavy atom. The van der Waals surface area contributed by atoms with Crippen molar-refractivity contribution in [2.24, 2.45) is 5.92 Å². The van der Waals surface area contributed by atoms with Crippen LogP contribution in [0.5, 0.6) is 0 Å². The van der Waals surface area contributed by atoms with E-state index in [9.17, 15) is 15.2 Å². The predicted molar refractivity (Wildman–Crippen MR) is 77.5 cm³/mol. The Balaban J connectivity index is 1.98. The van der Waals surface area contributed by atoms with Crippen LogP contribution in [0.1, 0.15) is 30.4 Å². The van der Waals surface area contributed by atoms with Crippen LogP contribution in [0.2, 0.25) is 0 Å². The van der Waals surface area contributed by atoms with Crippen LogP contribution in [-0.4, -0.2) is 34.6 Å². The number of nitrogens with zero attached hydrogens (tertiary/aromatic N) is 2. The molecule has 20 heavy (non-hydrogen) atoms. The molecule has 1 N–H and O–H groups in total. The Labute approximate surface area is 119 Å². The lowest BCUT2D eigenvalue weighted by atomic mass is 10.0. The summed E-state index contributed by atoms with van der Waals surface area (Å²) in [6.45, 7) is 3.26. The standard InChI is InChI=1S/C15H22N2O3/c1-11-6-7-12(8-14(11)17(19)20)9-16(2)10-13-4-3-5-15(13)18/h6-8,13,15,18H,3-5,9-10H2,1-2H3. The van der Waals surface area contributed by atoms with Gasteiger partial charge in [0.25, 0.3) is 5.69 Å². The monoisotopic (exact) mass is 278 g/mol. The number of benzene rings is 1. The summed E-state index contributed by atoms with van der Waals surface area (Å²) in [7, 11) is 2.00. The van der Waals surface area contributed by atoms with Gasteiger partial charge >= 0.3 is 0 Å². The minimum absolute atomic E-state index is 0.178. The largest absolute Gasteiger partial charge is 0.393 e. The van der Waals surface area contributed by atoms with Crippen molar-refractivity contribution in [3.63, 3.8) is 0 Å². The Morgan fingerprint density at radius 3 is 2.80 bits per heavy atom. The van der Waals surface area contributed by atoms with Gasteiger partial charge < -0.3 is 10.0 Å². The molecule has 2 unspecified atom stereocenters. The van der Waals surface area contributed by atoms with Gasteiger partial charge in [0.05, 0.1) is 11.0 Å². The van der Waals surface area contributed by atoms with Crippen LogP contribution < -0.4 is 0 Å². The fraction of sp³-hybridized carbons (Fsp3) is 0.600. The molecule has 0 bridgehead atoms. The number of hydrogen-bond donors (Lipinski definition) is 1. The molecule has 5 heteroatoms. The summed E-state index contributed by atoms with van der Waals surface area (Å²) in [5.41, 5.74) is 1.81. The Kier molecular flexibility index (Phi) is 4.73. The zero-order valence-corrected chi connectivity index (χ0v) is 12.1. The van der Waals surface area contributed by atoms with Gasteiger partial charge in [-0.15, -0.1) is 0 Å². The zero-order chi connectivity index (χ0) is 14.7. The lowest BCUT2D eigenvalue weighted by molar-refractivity contribution is -0.385. The first-order valence-electron chi connectivity index (χ1n) is 7.08. The lowest BCUT2D eigenvalue weighted by Gasteiger charge is -2.23. The molecular formula is C15H22N2O3. The van der Waals surface area contributed by atoms with Gasteiger partial charge in [0.1, 0.15) is 0 Å². The maximum Gasteiger partial charge on any atom is 0.272 e. The zero-order valence-electron chi connectivity index (χ0n) is 12.1. The molecule has 0 radical (unpaired) electrons. The van der Waals surface area contributed by atoms with Crippen LogP contribution >= 0.6 is 0 Å². The number of aliphatic hydroxyl groups is 1. The molecule has 1 aromatic rings. The van der Waals surface area contributed by atoms with E-state index in [4.69, 9.17) is 0 Å². The Hall–Kier alpha value is -1.46. The molecular weight excluding hydrogens is 256 g/mol. The average molecular weight is 278 g/mol. The normalized spacial score (nSPS) is 22.4. The SMILES string of the molecule is Cc1ccc(CN(C)CC2CCCC2O)cc1[N+](=O)[O-]. The van der Waals surface area contributed by atoms with Crippen LogP contribution in [0.3, 0.4) is 0 Å². The average Bonchev–Trinajstić information content (AvgIpc) is 2.77. The summed E-state index contributed by atoms with van der Waals surface area (Å²) in [6, 6.07) is 5.38. The summed E-state index contributed by atoms with van der Waals surface area (Å²) in [4.78, 5) is 12.7. The number of hydrogen-bond acceptors (Lipinski definition) is 4. The smallest absolute Gasteiger partial charge is 0.272 e. The van der Waals surface area contributed by atoms with Gasteiger partial charge in [0, 0.05) is 24.7 Å². The highest BCUT2D eigenvalue weighted by molar-refractivity contribution is 5.42. The second-order valence-electron chi connectivity index (χ2n) is 5.83. The van der Waals surface area contributed by atoms with Gasteiger partial charge in [-0.05, 0) is 38.3 Å². The fourth-order valence-electron chi connectivity index (χ4n) is 2.96. The number of nitro groups is 1. The summed E-state index contributed by atoms with van der Waals surface area (Å²) >= 11 is 0. The third kappa shape index (κ3) is 3.55. The second-order valence-corrected chi connectivity index (χ2v) is 5.83.